The molecule has 118 valence electrons. The summed E-state index contributed by atoms with van der Waals surface area (Å²) in [7, 11) is 1.89. The zero-order valence-corrected chi connectivity index (χ0v) is 13.1. The maximum Gasteiger partial charge on any atom is 0.132 e. The van der Waals surface area contributed by atoms with Crippen molar-refractivity contribution in [2.24, 2.45) is 12.8 Å². The van der Waals surface area contributed by atoms with E-state index < -0.39 is 0 Å². The fourth-order valence-electron chi connectivity index (χ4n) is 3.28. The molecule has 0 unspecified atom stereocenters. The summed E-state index contributed by atoms with van der Waals surface area (Å²) < 4.78 is 21.9. The summed E-state index contributed by atoms with van der Waals surface area (Å²) in [6, 6.07) is 9.19. The number of benzene rings is 2. The Morgan fingerprint density at radius 1 is 1.35 bits per heavy atom. The Balaban J connectivity index is 1.98. The molecule has 2 N–H and O–H groups in total. The summed E-state index contributed by atoms with van der Waals surface area (Å²) in [6.45, 7) is 2.45. The molecule has 0 saturated heterocycles. The third-order valence-corrected chi connectivity index (χ3v) is 4.39. The molecule has 1 atom stereocenters. The summed E-state index contributed by atoms with van der Waals surface area (Å²) in [5.41, 5.74) is 10.2. The molecule has 4 nitrogen and oxygen atoms in total. The van der Waals surface area contributed by atoms with Gasteiger partial charge in [0.2, 0.25) is 0 Å². The number of aryl methyl sites for hydroxylation is 2. The molecule has 2 heterocycles. The van der Waals surface area contributed by atoms with E-state index in [-0.39, 0.29) is 11.9 Å². The number of nitrogens with two attached hydrogens (primary N) is 1. The van der Waals surface area contributed by atoms with E-state index >= 15 is 0 Å². The molecule has 0 spiro atoms. The van der Waals surface area contributed by atoms with Crippen LogP contribution in [0.3, 0.4) is 0 Å². The molecule has 4 rings (SSSR count). The van der Waals surface area contributed by atoms with Gasteiger partial charge in [0, 0.05) is 36.5 Å². The molecule has 0 amide bonds. The van der Waals surface area contributed by atoms with Crippen LogP contribution in [-0.4, -0.2) is 22.4 Å². The molecule has 0 radical (unpaired) electrons. The Bertz CT molecular complexity index is 916. The van der Waals surface area contributed by atoms with Crippen molar-refractivity contribution in [2.45, 2.75) is 19.4 Å². The Hall–Kier alpha value is -2.40. The van der Waals surface area contributed by atoms with Crippen LogP contribution in [0.15, 0.2) is 30.3 Å². The molecule has 1 aliphatic heterocycles. The highest BCUT2D eigenvalue weighted by atomic mass is 19.1. The number of fused-ring (bicyclic) bond motifs is 2. The van der Waals surface area contributed by atoms with Gasteiger partial charge in [-0.15, -0.1) is 0 Å². The second-order valence-electron chi connectivity index (χ2n) is 6.11. The Labute approximate surface area is 133 Å². The Morgan fingerprint density at radius 2 is 2.17 bits per heavy atom. The quantitative estimate of drug-likeness (QED) is 0.791. The molecule has 0 bridgehead atoms. The minimum absolute atomic E-state index is 0.0951. The molecule has 1 aromatic heterocycles. The molecular formula is C18H18FN3O. The minimum Gasteiger partial charge on any atom is -0.488 e. The highest BCUT2D eigenvalue weighted by Crippen LogP contribution is 2.41. The largest absolute Gasteiger partial charge is 0.488 e. The van der Waals surface area contributed by atoms with Gasteiger partial charge >= 0.3 is 0 Å². The van der Waals surface area contributed by atoms with Gasteiger partial charge in [0.05, 0.1) is 5.52 Å². The number of rotatable bonds is 2. The first-order chi connectivity index (χ1) is 11.1. The standard InChI is InChI=1S/C18H18FN3O/c1-10-3-4-16-14(5-10)17(21-22(16)2)15-8-12(19)6-11-7-13(9-20)23-18(11)15/h3-6,8,13H,7,9,20H2,1-2H3/t13-/m1/s1. The van der Waals surface area contributed by atoms with Gasteiger partial charge in [0.15, 0.2) is 0 Å². The first-order valence-corrected chi connectivity index (χ1v) is 7.69. The van der Waals surface area contributed by atoms with E-state index in [0.717, 1.165) is 27.7 Å². The lowest BCUT2D eigenvalue weighted by Crippen LogP contribution is -2.24. The van der Waals surface area contributed by atoms with Gasteiger partial charge in [-0.2, -0.15) is 5.10 Å². The zero-order valence-electron chi connectivity index (χ0n) is 13.1. The van der Waals surface area contributed by atoms with Crippen molar-refractivity contribution in [1.82, 2.24) is 9.78 Å². The van der Waals surface area contributed by atoms with Gasteiger partial charge in [-0.3, -0.25) is 4.68 Å². The highest BCUT2D eigenvalue weighted by Gasteiger charge is 2.27. The summed E-state index contributed by atoms with van der Waals surface area (Å²) in [6.07, 6.45) is 0.544. The summed E-state index contributed by atoms with van der Waals surface area (Å²) in [5, 5.41) is 5.61. The molecule has 5 heteroatoms. The van der Waals surface area contributed by atoms with Crippen LogP contribution in [0, 0.1) is 12.7 Å². The van der Waals surface area contributed by atoms with Crippen LogP contribution in [0.4, 0.5) is 4.39 Å². The predicted octanol–water partition coefficient (Wildman–Crippen LogP) is 2.95. The number of ether oxygens (including phenoxy) is 1. The summed E-state index contributed by atoms with van der Waals surface area (Å²) in [5.74, 6) is 0.440. The van der Waals surface area contributed by atoms with Crippen LogP contribution in [0.5, 0.6) is 5.75 Å². The van der Waals surface area contributed by atoms with E-state index in [9.17, 15) is 4.39 Å². The average Bonchev–Trinajstić information content (AvgIpc) is 3.07. The van der Waals surface area contributed by atoms with E-state index in [1.807, 2.05) is 30.8 Å². The van der Waals surface area contributed by atoms with Crippen molar-refractivity contribution in [3.05, 3.63) is 47.3 Å². The fraction of sp³-hybridized carbons (Fsp3) is 0.278. The minimum atomic E-state index is -0.272. The lowest BCUT2D eigenvalue weighted by Gasteiger charge is -2.10. The number of hydrogen-bond donors (Lipinski definition) is 1. The first kappa shape index (κ1) is 14.2. The predicted molar refractivity (Wildman–Crippen MR) is 88.0 cm³/mol. The molecule has 2 aromatic carbocycles. The van der Waals surface area contributed by atoms with Crippen molar-refractivity contribution in [2.75, 3.05) is 6.54 Å². The number of hydrogen-bond acceptors (Lipinski definition) is 3. The summed E-state index contributed by atoms with van der Waals surface area (Å²) >= 11 is 0. The van der Waals surface area contributed by atoms with Crippen LogP contribution in [0.25, 0.3) is 22.2 Å². The smallest absolute Gasteiger partial charge is 0.132 e. The van der Waals surface area contributed by atoms with Gasteiger partial charge in [0.25, 0.3) is 0 Å². The van der Waals surface area contributed by atoms with Crippen molar-refractivity contribution in [3.63, 3.8) is 0 Å². The monoisotopic (exact) mass is 311 g/mol. The second kappa shape index (κ2) is 5.06. The number of halogens is 1. The van der Waals surface area contributed by atoms with E-state index in [4.69, 9.17) is 10.5 Å². The zero-order chi connectivity index (χ0) is 16.1. The van der Waals surface area contributed by atoms with Gasteiger partial charge in [0.1, 0.15) is 23.4 Å². The maximum atomic E-state index is 14.1. The maximum absolute atomic E-state index is 14.1. The van der Waals surface area contributed by atoms with Gasteiger partial charge in [-0.05, 0) is 31.2 Å². The van der Waals surface area contributed by atoms with E-state index in [0.29, 0.717) is 24.3 Å². The molecular weight excluding hydrogens is 293 g/mol. The Morgan fingerprint density at radius 3 is 2.96 bits per heavy atom. The lowest BCUT2D eigenvalue weighted by molar-refractivity contribution is 0.242. The topological polar surface area (TPSA) is 53.1 Å². The number of aromatic nitrogens is 2. The van der Waals surface area contributed by atoms with Crippen LogP contribution in [-0.2, 0) is 13.5 Å². The van der Waals surface area contributed by atoms with Gasteiger partial charge in [-0.1, -0.05) is 11.6 Å². The van der Waals surface area contributed by atoms with Gasteiger partial charge < -0.3 is 10.5 Å². The Kier molecular flexibility index (Phi) is 3.13. The van der Waals surface area contributed by atoms with Crippen LogP contribution in [0.2, 0.25) is 0 Å². The van der Waals surface area contributed by atoms with E-state index in [2.05, 4.69) is 11.2 Å². The first-order valence-electron chi connectivity index (χ1n) is 7.69. The van der Waals surface area contributed by atoms with Crippen LogP contribution in [0.1, 0.15) is 11.1 Å². The van der Waals surface area contributed by atoms with E-state index in [1.54, 1.807) is 0 Å². The molecule has 0 fully saturated rings. The normalized spacial score (nSPS) is 16.6. The van der Waals surface area contributed by atoms with Crippen molar-refractivity contribution < 1.29 is 9.13 Å². The SMILES string of the molecule is Cc1ccc2c(c1)c(-c1cc(F)cc3c1O[C@@H](CN)C3)nn2C. The molecule has 0 saturated carbocycles. The van der Waals surface area contributed by atoms with Crippen LogP contribution < -0.4 is 10.5 Å². The number of nitrogens with zero attached hydrogens (tertiary/aromatic N) is 2. The average molecular weight is 311 g/mol. The molecule has 23 heavy (non-hydrogen) atoms. The van der Waals surface area contributed by atoms with E-state index in [1.165, 1.54) is 12.1 Å². The molecule has 1 aliphatic rings. The third-order valence-electron chi connectivity index (χ3n) is 4.39. The highest BCUT2D eigenvalue weighted by molar-refractivity contribution is 5.95. The molecule has 0 aliphatic carbocycles. The third kappa shape index (κ3) is 2.19. The molecule has 3 aromatic rings. The van der Waals surface area contributed by atoms with Crippen LogP contribution >= 0.6 is 0 Å². The van der Waals surface area contributed by atoms with Crippen molar-refractivity contribution >= 4 is 10.9 Å². The lowest BCUT2D eigenvalue weighted by atomic mass is 10.0. The van der Waals surface area contributed by atoms with Crippen molar-refractivity contribution in [3.8, 4) is 17.0 Å². The van der Waals surface area contributed by atoms with Crippen molar-refractivity contribution in [1.29, 1.82) is 0 Å². The summed E-state index contributed by atoms with van der Waals surface area (Å²) in [4.78, 5) is 0. The van der Waals surface area contributed by atoms with Gasteiger partial charge in [-0.25, -0.2) is 4.39 Å². The fourth-order valence-corrected chi connectivity index (χ4v) is 3.28. The second-order valence-corrected chi connectivity index (χ2v) is 6.11.